The summed E-state index contributed by atoms with van der Waals surface area (Å²) < 4.78 is 0. The molecule has 0 heterocycles. The second kappa shape index (κ2) is 5.62. The summed E-state index contributed by atoms with van der Waals surface area (Å²) >= 11 is 0. The molecule has 0 aliphatic rings. The fourth-order valence-corrected chi connectivity index (χ4v) is 2.18. The zero-order valence-electron chi connectivity index (χ0n) is 12.7. The van der Waals surface area contributed by atoms with Gasteiger partial charge in [0, 0.05) is 11.1 Å². The molecule has 0 amide bonds. The van der Waals surface area contributed by atoms with Crippen molar-refractivity contribution in [3.05, 3.63) is 71.3 Å². The van der Waals surface area contributed by atoms with Gasteiger partial charge in [-0.2, -0.15) is 0 Å². The summed E-state index contributed by atoms with van der Waals surface area (Å²) in [4.78, 5) is 12.3. The number of rotatable bonds is 3. The minimum absolute atomic E-state index is 0.0839. The third-order valence-corrected chi connectivity index (χ3v) is 4.01. The van der Waals surface area contributed by atoms with Crippen molar-refractivity contribution in [3.63, 3.8) is 0 Å². The van der Waals surface area contributed by atoms with Crippen molar-refractivity contribution >= 4 is 5.78 Å². The van der Waals surface area contributed by atoms with Gasteiger partial charge in [-0.3, -0.25) is 4.79 Å². The first-order valence-corrected chi connectivity index (χ1v) is 7.09. The zero-order chi connectivity index (χ0) is 14.8. The molecule has 0 spiro atoms. The van der Waals surface area contributed by atoms with E-state index < -0.39 is 0 Å². The Hall–Kier alpha value is -1.89. The van der Waals surface area contributed by atoms with Crippen molar-refractivity contribution in [1.82, 2.24) is 0 Å². The lowest BCUT2D eigenvalue weighted by Crippen LogP contribution is -2.15. The summed E-state index contributed by atoms with van der Waals surface area (Å²) in [6, 6.07) is 17.4. The summed E-state index contributed by atoms with van der Waals surface area (Å²) in [6.45, 7) is 8.94. The Bertz CT molecular complexity index is 573. The molecule has 0 saturated heterocycles. The van der Waals surface area contributed by atoms with E-state index in [4.69, 9.17) is 0 Å². The van der Waals surface area contributed by atoms with E-state index in [1.165, 1.54) is 5.56 Å². The molecule has 0 radical (unpaired) electrons. The molecule has 2 aromatic rings. The summed E-state index contributed by atoms with van der Waals surface area (Å²) in [5, 5.41) is 0. The molecule has 0 aromatic heterocycles. The smallest absolute Gasteiger partial charge is 0.193 e. The third kappa shape index (κ3) is 3.16. The van der Waals surface area contributed by atoms with Crippen molar-refractivity contribution in [2.24, 2.45) is 5.41 Å². The highest BCUT2D eigenvalue weighted by Crippen LogP contribution is 2.34. The van der Waals surface area contributed by atoms with Gasteiger partial charge < -0.3 is 0 Å². The molecule has 1 heteroatoms. The lowest BCUT2D eigenvalue weighted by Gasteiger charge is -2.27. The zero-order valence-corrected chi connectivity index (χ0v) is 12.7. The topological polar surface area (TPSA) is 17.1 Å². The van der Waals surface area contributed by atoms with Gasteiger partial charge in [-0.05, 0) is 16.9 Å². The molecule has 20 heavy (non-hydrogen) atoms. The van der Waals surface area contributed by atoms with E-state index in [1.54, 1.807) is 0 Å². The Balaban J connectivity index is 2.23. The van der Waals surface area contributed by atoms with E-state index in [9.17, 15) is 4.79 Å². The highest BCUT2D eigenvalue weighted by Gasteiger charge is 2.21. The van der Waals surface area contributed by atoms with Gasteiger partial charge in [0.25, 0.3) is 0 Å². The van der Waals surface area contributed by atoms with Crippen LogP contribution in [0, 0.1) is 5.41 Å². The number of carbonyl (C=O) groups excluding carboxylic acids is 1. The van der Waals surface area contributed by atoms with E-state index in [-0.39, 0.29) is 11.2 Å². The molecule has 1 unspecified atom stereocenters. The van der Waals surface area contributed by atoms with E-state index in [0.717, 1.165) is 11.1 Å². The molecule has 0 aliphatic carbocycles. The van der Waals surface area contributed by atoms with E-state index in [0.29, 0.717) is 5.92 Å². The third-order valence-electron chi connectivity index (χ3n) is 4.01. The SMILES string of the molecule is CC(c1ccc(C(=O)c2ccccc2)cc1)C(C)(C)C. The van der Waals surface area contributed by atoms with Crippen molar-refractivity contribution in [1.29, 1.82) is 0 Å². The molecule has 0 fully saturated rings. The van der Waals surface area contributed by atoms with Crippen molar-refractivity contribution in [3.8, 4) is 0 Å². The van der Waals surface area contributed by atoms with Crippen molar-refractivity contribution in [2.45, 2.75) is 33.6 Å². The largest absolute Gasteiger partial charge is 0.289 e. The van der Waals surface area contributed by atoms with Gasteiger partial charge in [0.2, 0.25) is 0 Å². The van der Waals surface area contributed by atoms with Crippen molar-refractivity contribution < 1.29 is 4.79 Å². The average molecular weight is 266 g/mol. The van der Waals surface area contributed by atoms with Crippen LogP contribution in [0.4, 0.5) is 0 Å². The second-order valence-electron chi connectivity index (χ2n) is 6.40. The first-order chi connectivity index (χ1) is 9.39. The molecule has 0 bridgehead atoms. The van der Waals surface area contributed by atoms with Crippen LogP contribution >= 0.6 is 0 Å². The van der Waals surface area contributed by atoms with Crippen LogP contribution in [-0.4, -0.2) is 5.78 Å². The predicted molar refractivity (Wildman–Crippen MR) is 84.2 cm³/mol. The molecule has 0 aliphatic heterocycles. The normalized spacial score (nSPS) is 13.0. The van der Waals surface area contributed by atoms with E-state index in [1.807, 2.05) is 42.5 Å². The maximum atomic E-state index is 12.3. The Morgan fingerprint density at radius 1 is 0.850 bits per heavy atom. The van der Waals surface area contributed by atoms with Crippen LogP contribution in [-0.2, 0) is 0 Å². The minimum atomic E-state index is 0.0839. The second-order valence-corrected chi connectivity index (χ2v) is 6.40. The molecule has 0 saturated carbocycles. The van der Waals surface area contributed by atoms with Gasteiger partial charge in [-0.25, -0.2) is 0 Å². The fourth-order valence-electron chi connectivity index (χ4n) is 2.18. The number of benzene rings is 2. The monoisotopic (exact) mass is 266 g/mol. The molecule has 104 valence electrons. The molecular formula is C19H22O. The molecule has 2 rings (SSSR count). The first kappa shape index (κ1) is 14.5. The molecule has 0 N–H and O–H groups in total. The summed E-state index contributed by atoms with van der Waals surface area (Å²) in [5.41, 5.74) is 3.00. The van der Waals surface area contributed by atoms with Gasteiger partial charge in [-0.1, -0.05) is 82.3 Å². The highest BCUT2D eigenvalue weighted by atomic mass is 16.1. The predicted octanol–water partition coefficient (Wildman–Crippen LogP) is 5.07. The average Bonchev–Trinajstić information content (AvgIpc) is 2.46. The fraction of sp³-hybridized carbons (Fsp3) is 0.316. The Morgan fingerprint density at radius 2 is 1.35 bits per heavy atom. The van der Waals surface area contributed by atoms with E-state index in [2.05, 4.69) is 39.8 Å². The van der Waals surface area contributed by atoms with Gasteiger partial charge in [0.05, 0.1) is 0 Å². The Morgan fingerprint density at radius 3 is 1.85 bits per heavy atom. The number of hydrogen-bond acceptors (Lipinski definition) is 1. The Labute approximate surface area is 121 Å². The maximum absolute atomic E-state index is 12.3. The van der Waals surface area contributed by atoms with Crippen LogP contribution in [0.15, 0.2) is 54.6 Å². The van der Waals surface area contributed by atoms with Gasteiger partial charge >= 0.3 is 0 Å². The van der Waals surface area contributed by atoms with Crippen LogP contribution in [0.25, 0.3) is 0 Å². The van der Waals surface area contributed by atoms with Crippen LogP contribution in [0.2, 0.25) is 0 Å². The number of ketones is 1. The first-order valence-electron chi connectivity index (χ1n) is 7.09. The summed E-state index contributed by atoms with van der Waals surface area (Å²) in [6.07, 6.45) is 0. The lowest BCUT2D eigenvalue weighted by molar-refractivity contribution is 0.103. The van der Waals surface area contributed by atoms with Gasteiger partial charge in [0.1, 0.15) is 0 Å². The van der Waals surface area contributed by atoms with Crippen LogP contribution in [0.1, 0.15) is 55.1 Å². The molecule has 1 atom stereocenters. The van der Waals surface area contributed by atoms with Crippen LogP contribution < -0.4 is 0 Å². The molecular weight excluding hydrogens is 244 g/mol. The number of carbonyl (C=O) groups is 1. The van der Waals surface area contributed by atoms with Crippen LogP contribution in [0.3, 0.4) is 0 Å². The van der Waals surface area contributed by atoms with Crippen LogP contribution in [0.5, 0.6) is 0 Å². The Kier molecular flexibility index (Phi) is 4.08. The number of hydrogen-bond donors (Lipinski definition) is 0. The van der Waals surface area contributed by atoms with Crippen molar-refractivity contribution in [2.75, 3.05) is 0 Å². The highest BCUT2D eigenvalue weighted by molar-refractivity contribution is 6.08. The minimum Gasteiger partial charge on any atom is -0.289 e. The maximum Gasteiger partial charge on any atom is 0.193 e. The molecule has 2 aromatic carbocycles. The van der Waals surface area contributed by atoms with Gasteiger partial charge in [0.15, 0.2) is 5.78 Å². The quantitative estimate of drug-likeness (QED) is 0.709. The molecule has 1 nitrogen and oxygen atoms in total. The lowest BCUT2D eigenvalue weighted by atomic mass is 9.77. The summed E-state index contributed by atoms with van der Waals surface area (Å²) in [5.74, 6) is 0.545. The van der Waals surface area contributed by atoms with Gasteiger partial charge in [-0.15, -0.1) is 0 Å². The van der Waals surface area contributed by atoms with E-state index >= 15 is 0 Å². The standard InChI is InChI=1S/C19H22O/c1-14(19(2,3)4)15-10-12-17(13-11-15)18(20)16-8-6-5-7-9-16/h5-14H,1-4H3. The summed E-state index contributed by atoms with van der Waals surface area (Å²) in [7, 11) is 0.